The van der Waals surface area contributed by atoms with Crippen molar-refractivity contribution in [2.45, 2.75) is 6.92 Å². The molecule has 4 nitrogen and oxygen atoms in total. The Kier molecular flexibility index (Phi) is 2.25. The summed E-state index contributed by atoms with van der Waals surface area (Å²) in [5.74, 6) is 0.749. The molecule has 0 aromatic carbocycles. The summed E-state index contributed by atoms with van der Waals surface area (Å²) in [5, 5.41) is 4.24. The maximum absolute atomic E-state index is 5.63. The second-order valence-corrected chi connectivity index (χ2v) is 3.82. The highest BCUT2D eigenvalue weighted by Crippen LogP contribution is 2.19. The summed E-state index contributed by atoms with van der Waals surface area (Å²) in [6.45, 7) is 1.93. The third-order valence-electron chi connectivity index (χ3n) is 1.82. The lowest BCUT2D eigenvalue weighted by molar-refractivity contribution is 0.832. The normalized spacial score (nSPS) is 10.4. The molecule has 14 heavy (non-hydrogen) atoms. The molecule has 0 saturated heterocycles. The van der Waals surface area contributed by atoms with E-state index in [4.69, 9.17) is 5.73 Å². The summed E-state index contributed by atoms with van der Waals surface area (Å²) >= 11 is 3.34. The standard InChI is InChI=1S/C9H9BrN4/c1-6-2-3-14(13-6)9-4-7(10)8(11)5-12-9/h2-5H,11H2,1H3. The van der Waals surface area contributed by atoms with Crippen LogP contribution in [0, 0.1) is 6.92 Å². The molecule has 2 aromatic rings. The van der Waals surface area contributed by atoms with Gasteiger partial charge in [-0.2, -0.15) is 5.10 Å². The molecule has 0 saturated carbocycles. The van der Waals surface area contributed by atoms with E-state index in [9.17, 15) is 0 Å². The van der Waals surface area contributed by atoms with E-state index in [1.54, 1.807) is 10.9 Å². The minimum Gasteiger partial charge on any atom is -0.397 e. The lowest BCUT2D eigenvalue weighted by atomic mass is 10.4. The third-order valence-corrected chi connectivity index (χ3v) is 2.51. The topological polar surface area (TPSA) is 56.7 Å². The van der Waals surface area contributed by atoms with Crippen LogP contribution in [0.4, 0.5) is 5.69 Å². The van der Waals surface area contributed by atoms with E-state index in [0.717, 1.165) is 16.0 Å². The Hall–Kier alpha value is -1.36. The second-order valence-electron chi connectivity index (χ2n) is 2.97. The zero-order chi connectivity index (χ0) is 10.1. The van der Waals surface area contributed by atoms with Crippen molar-refractivity contribution in [1.82, 2.24) is 14.8 Å². The van der Waals surface area contributed by atoms with Crippen LogP contribution in [0.2, 0.25) is 0 Å². The highest BCUT2D eigenvalue weighted by atomic mass is 79.9. The van der Waals surface area contributed by atoms with Gasteiger partial charge >= 0.3 is 0 Å². The Bertz CT molecular complexity index is 464. The summed E-state index contributed by atoms with van der Waals surface area (Å²) in [5.41, 5.74) is 7.21. The predicted molar refractivity (Wildman–Crippen MR) is 58.2 cm³/mol. The van der Waals surface area contributed by atoms with Gasteiger partial charge in [-0.1, -0.05) is 0 Å². The molecule has 0 amide bonds. The van der Waals surface area contributed by atoms with Gasteiger partial charge in [0.1, 0.15) is 0 Å². The molecule has 0 atom stereocenters. The average Bonchev–Trinajstić information content (AvgIpc) is 2.57. The molecular formula is C9H9BrN4. The summed E-state index contributed by atoms with van der Waals surface area (Å²) in [7, 11) is 0. The molecule has 0 aliphatic carbocycles. The first-order valence-corrected chi connectivity index (χ1v) is 4.90. The van der Waals surface area contributed by atoms with Crippen molar-refractivity contribution in [3.05, 3.63) is 34.7 Å². The molecule has 2 rings (SSSR count). The molecule has 0 aliphatic rings. The van der Waals surface area contributed by atoms with Crippen LogP contribution in [-0.4, -0.2) is 14.8 Å². The van der Waals surface area contributed by atoms with Crippen LogP contribution in [0.5, 0.6) is 0 Å². The predicted octanol–water partition coefficient (Wildman–Crippen LogP) is 1.92. The molecule has 0 aliphatic heterocycles. The van der Waals surface area contributed by atoms with Crippen LogP contribution in [0.15, 0.2) is 29.0 Å². The van der Waals surface area contributed by atoms with Gasteiger partial charge in [0.05, 0.1) is 17.6 Å². The maximum atomic E-state index is 5.63. The van der Waals surface area contributed by atoms with E-state index >= 15 is 0 Å². The fourth-order valence-corrected chi connectivity index (χ4v) is 1.41. The minimum absolute atomic E-state index is 0.623. The van der Waals surface area contributed by atoms with Gasteiger partial charge in [-0.15, -0.1) is 0 Å². The molecule has 0 radical (unpaired) electrons. The van der Waals surface area contributed by atoms with Crippen LogP contribution in [0.3, 0.4) is 0 Å². The van der Waals surface area contributed by atoms with Crippen molar-refractivity contribution in [1.29, 1.82) is 0 Å². The number of nitrogens with two attached hydrogens (primary N) is 1. The van der Waals surface area contributed by atoms with Crippen molar-refractivity contribution in [2.24, 2.45) is 0 Å². The Morgan fingerprint density at radius 1 is 1.50 bits per heavy atom. The van der Waals surface area contributed by atoms with E-state index in [1.165, 1.54) is 0 Å². The number of halogens is 1. The van der Waals surface area contributed by atoms with Gasteiger partial charge in [0.2, 0.25) is 0 Å². The van der Waals surface area contributed by atoms with Gasteiger partial charge in [0, 0.05) is 10.7 Å². The lowest BCUT2D eigenvalue weighted by Gasteiger charge is -2.02. The third kappa shape index (κ3) is 1.63. The Morgan fingerprint density at radius 3 is 2.86 bits per heavy atom. The van der Waals surface area contributed by atoms with Crippen LogP contribution < -0.4 is 5.73 Å². The molecular weight excluding hydrogens is 244 g/mol. The first kappa shape index (κ1) is 9.21. The number of hydrogen-bond donors (Lipinski definition) is 1. The number of aromatic nitrogens is 3. The monoisotopic (exact) mass is 252 g/mol. The highest BCUT2D eigenvalue weighted by Gasteiger charge is 2.02. The number of anilines is 1. The van der Waals surface area contributed by atoms with E-state index in [1.807, 2.05) is 25.3 Å². The summed E-state index contributed by atoms with van der Waals surface area (Å²) in [4.78, 5) is 4.17. The Morgan fingerprint density at radius 2 is 2.29 bits per heavy atom. The van der Waals surface area contributed by atoms with Gasteiger partial charge in [0.15, 0.2) is 5.82 Å². The zero-order valence-electron chi connectivity index (χ0n) is 7.61. The quantitative estimate of drug-likeness (QED) is 0.844. The molecule has 0 unspecified atom stereocenters. The Labute approximate surface area is 89.9 Å². The van der Waals surface area contributed by atoms with E-state index in [-0.39, 0.29) is 0 Å². The highest BCUT2D eigenvalue weighted by molar-refractivity contribution is 9.10. The molecule has 5 heteroatoms. The van der Waals surface area contributed by atoms with Gasteiger partial charge in [0.25, 0.3) is 0 Å². The van der Waals surface area contributed by atoms with Crippen molar-refractivity contribution in [3.63, 3.8) is 0 Å². The number of nitrogens with zero attached hydrogens (tertiary/aromatic N) is 3. The number of hydrogen-bond acceptors (Lipinski definition) is 3. The number of aryl methyl sites for hydroxylation is 1. The number of pyridine rings is 1. The molecule has 0 spiro atoms. The van der Waals surface area contributed by atoms with Crippen LogP contribution in [-0.2, 0) is 0 Å². The molecule has 2 heterocycles. The molecule has 0 fully saturated rings. The van der Waals surface area contributed by atoms with E-state index in [0.29, 0.717) is 5.69 Å². The second kappa shape index (κ2) is 3.42. The molecule has 2 N–H and O–H groups in total. The van der Waals surface area contributed by atoms with Gasteiger partial charge in [-0.3, -0.25) is 0 Å². The average molecular weight is 253 g/mol. The Balaban J connectivity index is 2.47. The molecule has 2 aromatic heterocycles. The summed E-state index contributed by atoms with van der Waals surface area (Å²) in [6.07, 6.45) is 3.47. The number of rotatable bonds is 1. The lowest BCUT2D eigenvalue weighted by Crippen LogP contribution is -1.99. The van der Waals surface area contributed by atoms with Crippen LogP contribution in [0.25, 0.3) is 5.82 Å². The van der Waals surface area contributed by atoms with Crippen molar-refractivity contribution < 1.29 is 0 Å². The molecule has 72 valence electrons. The first-order valence-electron chi connectivity index (χ1n) is 4.10. The summed E-state index contributed by atoms with van der Waals surface area (Å²) < 4.78 is 2.54. The maximum Gasteiger partial charge on any atom is 0.154 e. The fourth-order valence-electron chi connectivity index (χ4n) is 1.10. The van der Waals surface area contributed by atoms with Gasteiger partial charge < -0.3 is 5.73 Å². The van der Waals surface area contributed by atoms with Crippen LogP contribution in [0.1, 0.15) is 5.69 Å². The van der Waals surface area contributed by atoms with Gasteiger partial charge in [-0.25, -0.2) is 9.67 Å². The zero-order valence-corrected chi connectivity index (χ0v) is 9.19. The largest absolute Gasteiger partial charge is 0.397 e. The van der Waals surface area contributed by atoms with Gasteiger partial charge in [-0.05, 0) is 35.0 Å². The van der Waals surface area contributed by atoms with E-state index < -0.39 is 0 Å². The van der Waals surface area contributed by atoms with Crippen molar-refractivity contribution >= 4 is 21.6 Å². The van der Waals surface area contributed by atoms with Crippen molar-refractivity contribution in [3.8, 4) is 5.82 Å². The number of nitrogen functional groups attached to an aromatic ring is 1. The van der Waals surface area contributed by atoms with E-state index in [2.05, 4.69) is 26.0 Å². The minimum atomic E-state index is 0.623. The SMILES string of the molecule is Cc1ccn(-c2cc(Br)c(N)cn2)n1. The van der Waals surface area contributed by atoms with Crippen LogP contribution >= 0.6 is 15.9 Å². The molecule has 0 bridgehead atoms. The fraction of sp³-hybridized carbons (Fsp3) is 0.111. The smallest absolute Gasteiger partial charge is 0.154 e. The summed E-state index contributed by atoms with van der Waals surface area (Å²) in [6, 6.07) is 3.76. The first-order chi connectivity index (χ1) is 6.66. The van der Waals surface area contributed by atoms with Crippen molar-refractivity contribution in [2.75, 3.05) is 5.73 Å².